The van der Waals surface area contributed by atoms with Crippen LogP contribution in [0.4, 0.5) is 5.69 Å². The van der Waals surface area contributed by atoms with Crippen molar-refractivity contribution in [3.63, 3.8) is 0 Å². The molecule has 1 heterocycles. The van der Waals surface area contributed by atoms with Crippen molar-refractivity contribution in [3.8, 4) is 6.07 Å². The van der Waals surface area contributed by atoms with E-state index in [4.69, 9.17) is 16.9 Å². The number of benzene rings is 2. The topological polar surface area (TPSA) is 76.4 Å². The summed E-state index contributed by atoms with van der Waals surface area (Å²) >= 11 is 7.64. The van der Waals surface area contributed by atoms with Crippen LogP contribution in [0.25, 0.3) is 0 Å². The second-order valence-corrected chi connectivity index (χ2v) is 8.38. The van der Waals surface area contributed by atoms with Crippen molar-refractivity contribution in [2.45, 2.75) is 5.75 Å². The van der Waals surface area contributed by atoms with E-state index in [9.17, 15) is 9.59 Å². The Morgan fingerprint density at radius 1 is 1.07 bits per heavy atom. The average molecular weight is 443 g/mol. The maximum Gasteiger partial charge on any atom is 0.238 e. The van der Waals surface area contributed by atoms with Gasteiger partial charge in [0.25, 0.3) is 0 Å². The van der Waals surface area contributed by atoms with Crippen molar-refractivity contribution < 1.29 is 9.59 Å². The molecule has 0 atom stereocenters. The first-order valence-corrected chi connectivity index (χ1v) is 11.2. The molecule has 30 heavy (non-hydrogen) atoms. The van der Waals surface area contributed by atoms with Crippen LogP contribution in [0.1, 0.15) is 11.1 Å². The van der Waals surface area contributed by atoms with Gasteiger partial charge in [-0.25, -0.2) is 0 Å². The van der Waals surface area contributed by atoms with Crippen molar-refractivity contribution in [2.75, 3.05) is 43.8 Å². The normalized spacial score (nSPS) is 14.2. The Labute approximate surface area is 185 Å². The van der Waals surface area contributed by atoms with Crippen molar-refractivity contribution in [1.29, 1.82) is 5.26 Å². The number of halogens is 1. The Kier molecular flexibility index (Phi) is 8.14. The summed E-state index contributed by atoms with van der Waals surface area (Å²) in [5.41, 5.74) is 2.34. The summed E-state index contributed by atoms with van der Waals surface area (Å²) in [7, 11) is 0. The number of rotatable bonds is 7. The van der Waals surface area contributed by atoms with Gasteiger partial charge in [0.05, 0.1) is 34.6 Å². The third-order valence-corrected chi connectivity index (χ3v) is 6.14. The summed E-state index contributed by atoms with van der Waals surface area (Å²) in [6.07, 6.45) is 0. The van der Waals surface area contributed by atoms with Gasteiger partial charge in [-0.1, -0.05) is 35.9 Å². The molecule has 1 aliphatic rings. The predicted molar refractivity (Wildman–Crippen MR) is 120 cm³/mol. The highest BCUT2D eigenvalue weighted by molar-refractivity contribution is 7.99. The summed E-state index contributed by atoms with van der Waals surface area (Å²) in [5, 5.41) is 12.2. The SMILES string of the molecule is N#Cc1ccc(CSCC(=O)N2CCN(CC(=O)Nc3ccccc3Cl)CC2)cc1. The largest absolute Gasteiger partial charge is 0.339 e. The Morgan fingerprint density at radius 2 is 1.77 bits per heavy atom. The molecule has 1 saturated heterocycles. The number of piperazine rings is 1. The van der Waals surface area contributed by atoms with E-state index in [0.717, 1.165) is 11.3 Å². The van der Waals surface area contributed by atoms with Gasteiger partial charge >= 0.3 is 0 Å². The maximum atomic E-state index is 12.4. The van der Waals surface area contributed by atoms with Crippen LogP contribution < -0.4 is 5.32 Å². The Balaban J connectivity index is 1.36. The molecule has 2 aromatic rings. The molecule has 2 amide bonds. The summed E-state index contributed by atoms with van der Waals surface area (Å²) in [4.78, 5) is 28.6. The molecule has 156 valence electrons. The molecule has 1 N–H and O–H groups in total. The molecular formula is C22H23ClN4O2S. The number of thioether (sulfide) groups is 1. The van der Waals surface area contributed by atoms with Crippen molar-refractivity contribution in [1.82, 2.24) is 9.80 Å². The molecule has 0 spiro atoms. The van der Waals surface area contributed by atoms with Gasteiger partial charge in [-0.15, -0.1) is 11.8 Å². The fourth-order valence-corrected chi connectivity index (χ4v) is 4.20. The number of carbonyl (C=O) groups excluding carboxylic acids is 2. The van der Waals surface area contributed by atoms with Gasteiger partial charge < -0.3 is 10.2 Å². The number of nitriles is 1. The average Bonchev–Trinajstić information content (AvgIpc) is 2.76. The highest BCUT2D eigenvalue weighted by Crippen LogP contribution is 2.20. The zero-order chi connectivity index (χ0) is 21.3. The lowest BCUT2D eigenvalue weighted by molar-refractivity contribution is -0.130. The van der Waals surface area contributed by atoms with Gasteiger partial charge in [0.15, 0.2) is 0 Å². The second kappa shape index (κ2) is 11.0. The molecule has 0 aromatic heterocycles. The van der Waals surface area contributed by atoms with Crippen LogP contribution in [0.15, 0.2) is 48.5 Å². The lowest BCUT2D eigenvalue weighted by atomic mass is 10.2. The van der Waals surface area contributed by atoms with E-state index in [1.807, 2.05) is 34.1 Å². The summed E-state index contributed by atoms with van der Waals surface area (Å²) in [6, 6.07) is 16.7. The predicted octanol–water partition coefficient (Wildman–Crippen LogP) is 3.23. The van der Waals surface area contributed by atoms with Crippen molar-refractivity contribution >= 4 is 40.9 Å². The van der Waals surface area contributed by atoms with E-state index in [1.54, 1.807) is 36.0 Å². The first-order valence-electron chi connectivity index (χ1n) is 9.66. The third-order valence-electron chi connectivity index (χ3n) is 4.82. The van der Waals surface area contributed by atoms with Gasteiger partial charge in [-0.2, -0.15) is 5.26 Å². The Morgan fingerprint density at radius 3 is 2.43 bits per heavy atom. The minimum atomic E-state index is -0.110. The number of anilines is 1. The number of amides is 2. The van der Waals surface area contributed by atoms with Crippen LogP contribution in [0.2, 0.25) is 5.02 Å². The number of carbonyl (C=O) groups is 2. The van der Waals surface area contributed by atoms with Crippen LogP contribution >= 0.6 is 23.4 Å². The number of nitrogens with one attached hydrogen (secondary N) is 1. The molecule has 6 nitrogen and oxygen atoms in total. The summed E-state index contributed by atoms with van der Waals surface area (Å²) in [6.45, 7) is 2.86. The molecule has 2 aromatic carbocycles. The van der Waals surface area contributed by atoms with Crippen molar-refractivity contribution in [2.24, 2.45) is 0 Å². The van der Waals surface area contributed by atoms with E-state index in [0.29, 0.717) is 48.2 Å². The highest BCUT2D eigenvalue weighted by Gasteiger charge is 2.22. The standard InChI is InChI=1S/C22H23ClN4O2S/c23-19-3-1-2-4-20(19)25-21(28)14-26-9-11-27(12-10-26)22(29)16-30-15-18-7-5-17(13-24)6-8-18/h1-8H,9-12,14-16H2,(H,25,28). The zero-order valence-corrected chi connectivity index (χ0v) is 18.1. The molecule has 0 radical (unpaired) electrons. The van der Waals surface area contributed by atoms with Crippen LogP contribution in [0.3, 0.4) is 0 Å². The molecule has 1 aliphatic heterocycles. The lowest BCUT2D eigenvalue weighted by Gasteiger charge is -2.34. The highest BCUT2D eigenvalue weighted by atomic mass is 35.5. The van der Waals surface area contributed by atoms with E-state index in [1.165, 1.54) is 0 Å². The molecule has 0 bridgehead atoms. The van der Waals surface area contributed by atoms with E-state index in [2.05, 4.69) is 11.4 Å². The van der Waals surface area contributed by atoms with Gasteiger partial charge in [0.2, 0.25) is 11.8 Å². The monoisotopic (exact) mass is 442 g/mol. The smallest absolute Gasteiger partial charge is 0.238 e. The minimum absolute atomic E-state index is 0.110. The van der Waals surface area contributed by atoms with Gasteiger partial charge in [-0.05, 0) is 29.8 Å². The van der Waals surface area contributed by atoms with Crippen LogP contribution in [0.5, 0.6) is 0 Å². The van der Waals surface area contributed by atoms with Gasteiger partial charge in [0.1, 0.15) is 0 Å². The van der Waals surface area contributed by atoms with Crippen LogP contribution in [-0.4, -0.2) is 60.1 Å². The lowest BCUT2D eigenvalue weighted by Crippen LogP contribution is -2.50. The third kappa shape index (κ3) is 6.49. The Bertz CT molecular complexity index is 921. The number of para-hydroxylation sites is 1. The maximum absolute atomic E-state index is 12.4. The number of nitrogens with zero attached hydrogens (tertiary/aromatic N) is 3. The number of hydrogen-bond donors (Lipinski definition) is 1. The molecule has 1 fully saturated rings. The molecule has 8 heteroatoms. The summed E-state index contributed by atoms with van der Waals surface area (Å²) < 4.78 is 0. The summed E-state index contributed by atoms with van der Waals surface area (Å²) in [5.74, 6) is 1.17. The van der Waals surface area contributed by atoms with E-state index < -0.39 is 0 Å². The molecule has 0 unspecified atom stereocenters. The van der Waals surface area contributed by atoms with E-state index >= 15 is 0 Å². The molecule has 3 rings (SSSR count). The first kappa shape index (κ1) is 22.2. The van der Waals surface area contributed by atoms with Gasteiger partial charge in [0, 0.05) is 31.9 Å². The van der Waals surface area contributed by atoms with Crippen LogP contribution in [0, 0.1) is 11.3 Å². The van der Waals surface area contributed by atoms with E-state index in [-0.39, 0.29) is 18.4 Å². The van der Waals surface area contributed by atoms with Gasteiger partial charge in [-0.3, -0.25) is 14.5 Å². The van der Waals surface area contributed by atoms with Crippen LogP contribution in [-0.2, 0) is 15.3 Å². The Hall–Kier alpha value is -2.53. The number of hydrogen-bond acceptors (Lipinski definition) is 5. The first-order chi connectivity index (χ1) is 14.5. The molecule has 0 aliphatic carbocycles. The fraction of sp³-hybridized carbons (Fsp3) is 0.318. The fourth-order valence-electron chi connectivity index (χ4n) is 3.13. The molecular weight excluding hydrogens is 420 g/mol. The van der Waals surface area contributed by atoms with Crippen molar-refractivity contribution in [3.05, 3.63) is 64.7 Å². The quantitative estimate of drug-likeness (QED) is 0.712. The molecule has 0 saturated carbocycles. The second-order valence-electron chi connectivity index (χ2n) is 6.99. The zero-order valence-electron chi connectivity index (χ0n) is 16.5. The minimum Gasteiger partial charge on any atom is -0.339 e.